The van der Waals surface area contributed by atoms with Gasteiger partial charge in [-0.05, 0) is 35.4 Å². The molecule has 6 heteroatoms. The summed E-state index contributed by atoms with van der Waals surface area (Å²) in [5.74, 6) is -0.00220. The summed E-state index contributed by atoms with van der Waals surface area (Å²) in [6.45, 7) is 1.32. The highest BCUT2D eigenvalue weighted by Gasteiger charge is 1.99. The van der Waals surface area contributed by atoms with Gasteiger partial charge >= 0.3 is 5.97 Å². The van der Waals surface area contributed by atoms with Crippen molar-refractivity contribution >= 4 is 18.1 Å². The molecule has 0 radical (unpaired) electrons. The minimum Gasteiger partial charge on any atom is -0.427 e. The molecule has 0 spiro atoms. The van der Waals surface area contributed by atoms with Gasteiger partial charge in [-0.2, -0.15) is 0 Å². The Hall–Kier alpha value is -3.67. The van der Waals surface area contributed by atoms with Crippen molar-refractivity contribution in [2.45, 2.75) is 6.92 Å². The molecule has 0 saturated heterocycles. The molecule has 0 aliphatic carbocycles. The van der Waals surface area contributed by atoms with Gasteiger partial charge in [-0.1, -0.05) is 42.5 Å². The normalized spacial score (nSPS) is 12.2. The predicted octanol–water partition coefficient (Wildman–Crippen LogP) is 0.646. The Labute approximate surface area is 148 Å². The minimum atomic E-state index is -0.409. The van der Waals surface area contributed by atoms with Gasteiger partial charge in [-0.15, -0.1) is 0 Å². The molecule has 0 aliphatic heterocycles. The summed E-state index contributed by atoms with van der Waals surface area (Å²) in [6, 6.07) is 15.8. The first kappa shape index (κ1) is 17.2. The van der Waals surface area contributed by atoms with Gasteiger partial charge in [-0.3, -0.25) is 14.4 Å². The number of rotatable bonds is 3. The molecule has 130 valence electrons. The van der Waals surface area contributed by atoms with E-state index in [1.807, 2.05) is 30.3 Å². The number of aromatic amines is 2. The molecule has 0 unspecified atom stereocenters. The van der Waals surface area contributed by atoms with Crippen molar-refractivity contribution in [1.29, 1.82) is 0 Å². The SMILES string of the molecule is CC(=O)Oc1ccc(/C=c2\[nH]c(=O)/c(=C/c3ccccc3)[nH]c2=O)cc1. The number of ether oxygens (including phenoxy) is 1. The van der Waals surface area contributed by atoms with Crippen LogP contribution >= 0.6 is 0 Å². The first-order valence-electron chi connectivity index (χ1n) is 7.91. The van der Waals surface area contributed by atoms with Crippen LogP contribution in [0, 0.1) is 0 Å². The molecule has 0 amide bonds. The Morgan fingerprint density at radius 3 is 1.81 bits per heavy atom. The molecule has 1 heterocycles. The highest BCUT2D eigenvalue weighted by atomic mass is 16.5. The average Bonchev–Trinajstić information content (AvgIpc) is 2.61. The smallest absolute Gasteiger partial charge is 0.308 e. The largest absolute Gasteiger partial charge is 0.427 e. The molecule has 0 atom stereocenters. The maximum absolute atomic E-state index is 12.3. The molecule has 0 saturated carbocycles. The van der Waals surface area contributed by atoms with E-state index in [0.29, 0.717) is 11.3 Å². The van der Waals surface area contributed by atoms with Crippen molar-refractivity contribution < 1.29 is 9.53 Å². The second-order valence-corrected chi connectivity index (χ2v) is 5.60. The predicted molar refractivity (Wildman–Crippen MR) is 98.3 cm³/mol. The number of carbonyl (C=O) groups is 1. The minimum absolute atomic E-state index is 0.139. The molecule has 1 aromatic heterocycles. The van der Waals surface area contributed by atoms with E-state index >= 15 is 0 Å². The summed E-state index contributed by atoms with van der Waals surface area (Å²) in [5, 5.41) is 0.323. The summed E-state index contributed by atoms with van der Waals surface area (Å²) in [6.07, 6.45) is 3.15. The second-order valence-electron chi connectivity index (χ2n) is 5.60. The molecule has 3 aromatic rings. The first-order valence-corrected chi connectivity index (χ1v) is 7.91. The molecule has 26 heavy (non-hydrogen) atoms. The van der Waals surface area contributed by atoms with Crippen molar-refractivity contribution in [3.63, 3.8) is 0 Å². The molecule has 0 aliphatic rings. The van der Waals surface area contributed by atoms with Crippen molar-refractivity contribution in [1.82, 2.24) is 9.97 Å². The summed E-state index contributed by atoms with van der Waals surface area (Å²) in [5.41, 5.74) is 0.695. The van der Waals surface area contributed by atoms with E-state index in [0.717, 1.165) is 5.56 Å². The molecule has 0 bridgehead atoms. The highest BCUT2D eigenvalue weighted by molar-refractivity contribution is 5.69. The van der Waals surface area contributed by atoms with Crippen LogP contribution < -0.4 is 26.6 Å². The third-order valence-electron chi connectivity index (χ3n) is 3.55. The van der Waals surface area contributed by atoms with Crippen molar-refractivity contribution in [3.8, 4) is 5.75 Å². The average molecular weight is 348 g/mol. The Bertz CT molecular complexity index is 1160. The lowest BCUT2D eigenvalue weighted by Crippen LogP contribution is -2.46. The Morgan fingerprint density at radius 2 is 1.31 bits per heavy atom. The van der Waals surface area contributed by atoms with E-state index < -0.39 is 17.1 Å². The maximum Gasteiger partial charge on any atom is 0.308 e. The lowest BCUT2D eigenvalue weighted by Gasteiger charge is -2.00. The molecule has 6 nitrogen and oxygen atoms in total. The van der Waals surface area contributed by atoms with Crippen LogP contribution in [0.5, 0.6) is 5.75 Å². The Morgan fingerprint density at radius 1 is 0.808 bits per heavy atom. The van der Waals surface area contributed by atoms with Crippen LogP contribution in [0.3, 0.4) is 0 Å². The fraction of sp³-hybridized carbons (Fsp3) is 0.0500. The van der Waals surface area contributed by atoms with Gasteiger partial charge < -0.3 is 14.7 Å². The van der Waals surface area contributed by atoms with Crippen molar-refractivity contribution in [3.05, 3.63) is 97.1 Å². The standard InChI is InChI=1S/C20H16N2O4/c1-13(23)26-16-9-7-15(8-10-16)12-18-20(25)21-17(19(24)22-18)11-14-5-3-2-4-6-14/h2-12H,1H3,(H,21,25)(H,22,24)/b17-11-,18-12-. The van der Waals surface area contributed by atoms with Gasteiger partial charge in [0.25, 0.3) is 11.1 Å². The fourth-order valence-electron chi connectivity index (χ4n) is 2.38. The summed E-state index contributed by atoms with van der Waals surface area (Å²) in [7, 11) is 0. The second kappa shape index (κ2) is 7.48. The van der Waals surface area contributed by atoms with E-state index in [4.69, 9.17) is 4.74 Å². The number of aromatic nitrogens is 2. The Balaban J connectivity index is 1.99. The number of nitrogens with one attached hydrogen (secondary N) is 2. The molecular formula is C20H16N2O4. The van der Waals surface area contributed by atoms with Gasteiger partial charge in [0.05, 0.1) is 0 Å². The third kappa shape index (κ3) is 4.24. The van der Waals surface area contributed by atoms with Crippen LogP contribution in [0.1, 0.15) is 18.1 Å². The zero-order chi connectivity index (χ0) is 18.5. The van der Waals surface area contributed by atoms with E-state index in [1.54, 1.807) is 36.4 Å². The van der Waals surface area contributed by atoms with Gasteiger partial charge in [0.1, 0.15) is 16.4 Å². The molecule has 2 N–H and O–H groups in total. The van der Waals surface area contributed by atoms with E-state index in [9.17, 15) is 14.4 Å². The third-order valence-corrected chi connectivity index (χ3v) is 3.55. The maximum atomic E-state index is 12.3. The van der Waals surface area contributed by atoms with Crippen LogP contribution in [-0.4, -0.2) is 15.9 Å². The van der Waals surface area contributed by atoms with Crippen LogP contribution in [0.2, 0.25) is 0 Å². The van der Waals surface area contributed by atoms with Crippen LogP contribution in [0.25, 0.3) is 12.2 Å². The number of esters is 1. The Kier molecular flexibility index (Phi) is 4.94. The van der Waals surface area contributed by atoms with Gasteiger partial charge in [-0.25, -0.2) is 0 Å². The van der Waals surface area contributed by atoms with Crippen molar-refractivity contribution in [2.75, 3.05) is 0 Å². The van der Waals surface area contributed by atoms with E-state index in [-0.39, 0.29) is 10.7 Å². The highest BCUT2D eigenvalue weighted by Crippen LogP contribution is 2.12. The van der Waals surface area contributed by atoms with Crippen LogP contribution in [0.15, 0.2) is 64.2 Å². The summed E-state index contributed by atoms with van der Waals surface area (Å²) < 4.78 is 4.95. The molecule has 0 fully saturated rings. The lowest BCUT2D eigenvalue weighted by atomic mass is 10.2. The molecular weight excluding hydrogens is 332 g/mol. The topological polar surface area (TPSA) is 92.0 Å². The van der Waals surface area contributed by atoms with Crippen LogP contribution in [-0.2, 0) is 4.79 Å². The van der Waals surface area contributed by atoms with Gasteiger partial charge in [0.15, 0.2) is 0 Å². The van der Waals surface area contributed by atoms with E-state index in [2.05, 4.69) is 9.97 Å². The van der Waals surface area contributed by atoms with E-state index in [1.165, 1.54) is 6.92 Å². The number of hydrogen-bond donors (Lipinski definition) is 2. The molecule has 2 aromatic carbocycles. The zero-order valence-corrected chi connectivity index (χ0v) is 14.0. The number of benzene rings is 2. The summed E-state index contributed by atoms with van der Waals surface area (Å²) in [4.78, 5) is 40.6. The number of H-pyrrole nitrogens is 2. The van der Waals surface area contributed by atoms with Crippen LogP contribution in [0.4, 0.5) is 0 Å². The number of carbonyl (C=O) groups excluding carboxylic acids is 1. The van der Waals surface area contributed by atoms with Gasteiger partial charge in [0.2, 0.25) is 0 Å². The monoisotopic (exact) mass is 348 g/mol. The quantitative estimate of drug-likeness (QED) is 0.537. The van der Waals surface area contributed by atoms with Gasteiger partial charge in [0, 0.05) is 6.92 Å². The fourth-order valence-corrected chi connectivity index (χ4v) is 2.38. The summed E-state index contributed by atoms with van der Waals surface area (Å²) >= 11 is 0. The lowest BCUT2D eigenvalue weighted by molar-refractivity contribution is -0.131. The first-order chi connectivity index (χ1) is 12.5. The number of hydrogen-bond acceptors (Lipinski definition) is 4. The zero-order valence-electron chi connectivity index (χ0n) is 14.0. The molecule has 3 rings (SSSR count). The van der Waals surface area contributed by atoms with Crippen molar-refractivity contribution in [2.24, 2.45) is 0 Å².